The molecular weight excluding hydrogens is 599 g/mol. The van der Waals surface area contributed by atoms with E-state index in [1.807, 2.05) is 0 Å². The minimum Gasteiger partial charge on any atom is -0.262 e. The molecule has 0 N–H and O–H groups in total. The van der Waals surface area contributed by atoms with Gasteiger partial charge in [0.15, 0.2) is 0 Å². The van der Waals surface area contributed by atoms with Crippen molar-refractivity contribution in [3.05, 3.63) is 0 Å². The van der Waals surface area contributed by atoms with Crippen LogP contribution in [-0.2, 0) is 9.47 Å². The van der Waals surface area contributed by atoms with Crippen molar-refractivity contribution < 1.29 is 75.3 Å². The number of nitrogens with zero attached hydrogens (tertiary/aromatic N) is 1. The zero-order chi connectivity index (χ0) is 24.1. The van der Waals surface area contributed by atoms with Crippen molar-refractivity contribution in [2.75, 3.05) is 0 Å². The van der Waals surface area contributed by atoms with Crippen LogP contribution in [0.2, 0.25) is 0 Å². The molecular formula is C9Br2F15NO2. The Balaban J connectivity index is 6.43. The molecule has 0 amide bonds. The third-order valence-electron chi connectivity index (χ3n) is 2.49. The summed E-state index contributed by atoms with van der Waals surface area (Å²) in [7, 11) is 0. The zero-order valence-corrected chi connectivity index (χ0v) is 15.4. The van der Waals surface area contributed by atoms with Crippen LogP contribution < -0.4 is 0 Å². The van der Waals surface area contributed by atoms with E-state index < -0.39 is 51.8 Å². The van der Waals surface area contributed by atoms with Crippen molar-refractivity contribution in [1.29, 1.82) is 5.26 Å². The lowest BCUT2D eigenvalue weighted by Crippen LogP contribution is -2.66. The van der Waals surface area contributed by atoms with Gasteiger partial charge in [-0.05, 0) is 31.9 Å². The second-order valence-electron chi connectivity index (χ2n) is 4.61. The predicted octanol–water partition coefficient (Wildman–Crippen LogP) is 6.23. The standard InChI is InChI=1S/C9Br2F15NO2/c10-3(14,5(11,16)17)8(23,24)29-9(25,26)4(15,6(18,19)20)28-7(21,22)2(12,13)1-27. The number of ether oxygens (including phenoxy) is 2. The van der Waals surface area contributed by atoms with Gasteiger partial charge in [0.2, 0.25) is 0 Å². The van der Waals surface area contributed by atoms with Crippen LogP contribution in [-0.4, -0.2) is 45.7 Å². The Kier molecular flexibility index (Phi) is 7.30. The summed E-state index contributed by atoms with van der Waals surface area (Å²) in [5.41, 5.74) is 0. The normalized spacial score (nSPS) is 19.3. The quantitative estimate of drug-likeness (QED) is 0.246. The van der Waals surface area contributed by atoms with Crippen LogP contribution in [0.4, 0.5) is 65.9 Å². The summed E-state index contributed by atoms with van der Waals surface area (Å²) < 4.78 is 191. The summed E-state index contributed by atoms with van der Waals surface area (Å²) in [6.07, 6.45) is -29.2. The van der Waals surface area contributed by atoms with Gasteiger partial charge in [-0.25, -0.2) is 9.13 Å². The van der Waals surface area contributed by atoms with Crippen molar-refractivity contribution in [3.8, 4) is 6.07 Å². The SMILES string of the molecule is N#CC(F)(F)C(F)(F)OC(F)(C(F)(F)F)C(F)(F)OC(F)(F)C(F)(Br)C(F)(F)Br. The molecule has 0 saturated heterocycles. The highest BCUT2D eigenvalue weighted by molar-refractivity contribution is 9.12. The monoisotopic (exact) mass is 597 g/mol. The minimum atomic E-state index is -7.64. The molecule has 0 aliphatic carbocycles. The van der Waals surface area contributed by atoms with Crippen molar-refractivity contribution in [1.82, 2.24) is 0 Å². The summed E-state index contributed by atoms with van der Waals surface area (Å²) in [6.45, 7) is 0. The van der Waals surface area contributed by atoms with Gasteiger partial charge in [0.25, 0.3) is 0 Å². The number of rotatable bonds is 8. The highest BCUT2D eigenvalue weighted by atomic mass is 79.9. The number of hydrogen-bond acceptors (Lipinski definition) is 3. The number of hydrogen-bond donors (Lipinski definition) is 0. The maximum atomic E-state index is 13.6. The van der Waals surface area contributed by atoms with Crippen molar-refractivity contribution in [2.24, 2.45) is 0 Å². The van der Waals surface area contributed by atoms with E-state index in [4.69, 9.17) is 5.26 Å². The first kappa shape index (κ1) is 28.3. The fraction of sp³-hybridized carbons (Fsp3) is 0.889. The Bertz CT molecular complexity index is 652. The molecule has 0 aliphatic heterocycles. The number of halogens is 17. The molecule has 0 aromatic heterocycles. The summed E-state index contributed by atoms with van der Waals surface area (Å²) >= 11 is 1.63. The molecule has 0 spiro atoms. The van der Waals surface area contributed by atoms with Gasteiger partial charge in [0.05, 0.1) is 0 Å². The highest BCUT2D eigenvalue weighted by Crippen LogP contribution is 2.58. The van der Waals surface area contributed by atoms with E-state index in [2.05, 4.69) is 0 Å². The van der Waals surface area contributed by atoms with E-state index in [1.165, 1.54) is 0 Å². The van der Waals surface area contributed by atoms with Crippen molar-refractivity contribution >= 4 is 31.9 Å². The van der Waals surface area contributed by atoms with Gasteiger partial charge in [0.1, 0.15) is 6.07 Å². The zero-order valence-electron chi connectivity index (χ0n) is 12.2. The molecule has 0 radical (unpaired) electrons. The largest absolute Gasteiger partial charge is 0.458 e. The van der Waals surface area contributed by atoms with Gasteiger partial charge in [-0.3, -0.25) is 4.74 Å². The smallest absolute Gasteiger partial charge is 0.262 e. The van der Waals surface area contributed by atoms with Gasteiger partial charge < -0.3 is 0 Å². The molecule has 2 unspecified atom stereocenters. The van der Waals surface area contributed by atoms with Crippen molar-refractivity contribution in [3.63, 3.8) is 0 Å². The Labute approximate surface area is 164 Å². The van der Waals surface area contributed by atoms with Gasteiger partial charge in [-0.1, -0.05) is 0 Å². The first-order chi connectivity index (χ1) is 12.2. The Morgan fingerprint density at radius 2 is 0.966 bits per heavy atom. The molecule has 2 atom stereocenters. The lowest BCUT2D eigenvalue weighted by Gasteiger charge is -2.39. The Hall–Kier alpha value is -0.680. The van der Waals surface area contributed by atoms with Crippen molar-refractivity contribution in [2.45, 2.75) is 45.7 Å². The van der Waals surface area contributed by atoms with E-state index in [1.54, 1.807) is 9.47 Å². The third-order valence-corrected chi connectivity index (χ3v) is 4.53. The fourth-order valence-electron chi connectivity index (χ4n) is 1.04. The summed E-state index contributed by atoms with van der Waals surface area (Å²) in [5.74, 6) is -14.1. The molecule has 0 aromatic rings. The Morgan fingerprint density at radius 1 is 0.586 bits per heavy atom. The van der Waals surface area contributed by atoms with Crippen LogP contribution >= 0.6 is 31.9 Å². The minimum absolute atomic E-state index is 0.750. The van der Waals surface area contributed by atoms with Gasteiger partial charge >= 0.3 is 45.7 Å². The summed E-state index contributed by atoms with van der Waals surface area (Å²) in [5, 5.41) is 7.67. The van der Waals surface area contributed by atoms with Crippen LogP contribution in [0.25, 0.3) is 0 Å². The number of alkyl halides is 17. The second-order valence-corrected chi connectivity index (χ2v) is 6.69. The van der Waals surface area contributed by atoms with Crippen LogP contribution in [0.1, 0.15) is 0 Å². The lowest BCUT2D eigenvalue weighted by atomic mass is 10.2. The summed E-state index contributed by atoms with van der Waals surface area (Å²) in [4.78, 5) is -5.63. The lowest BCUT2D eigenvalue weighted by molar-refractivity contribution is -0.541. The first-order valence-corrected chi connectivity index (χ1v) is 7.34. The van der Waals surface area contributed by atoms with E-state index in [0.717, 1.165) is 31.9 Å². The molecule has 0 aromatic carbocycles. The van der Waals surface area contributed by atoms with E-state index in [9.17, 15) is 65.9 Å². The molecule has 0 fully saturated rings. The van der Waals surface area contributed by atoms with Gasteiger partial charge in [-0.2, -0.15) is 66.7 Å². The van der Waals surface area contributed by atoms with Crippen LogP contribution in [0, 0.1) is 11.3 Å². The molecule has 0 bridgehead atoms. The topological polar surface area (TPSA) is 42.2 Å². The van der Waals surface area contributed by atoms with Gasteiger partial charge in [0, 0.05) is 0 Å². The van der Waals surface area contributed by atoms with E-state index in [0.29, 0.717) is 0 Å². The Morgan fingerprint density at radius 3 is 1.24 bits per heavy atom. The number of nitriles is 1. The summed E-state index contributed by atoms with van der Waals surface area (Å²) in [6, 6.07) is -0.750. The molecule has 0 saturated carbocycles. The highest BCUT2D eigenvalue weighted by Gasteiger charge is 2.83. The average molecular weight is 599 g/mol. The molecule has 29 heavy (non-hydrogen) atoms. The van der Waals surface area contributed by atoms with E-state index >= 15 is 0 Å². The molecule has 172 valence electrons. The molecule has 0 rings (SSSR count). The molecule has 0 aliphatic rings. The van der Waals surface area contributed by atoms with Crippen LogP contribution in [0.5, 0.6) is 0 Å². The maximum absolute atomic E-state index is 13.6. The molecule has 0 heterocycles. The van der Waals surface area contributed by atoms with E-state index in [-0.39, 0.29) is 0 Å². The first-order valence-electron chi connectivity index (χ1n) is 5.75. The van der Waals surface area contributed by atoms with Gasteiger partial charge in [-0.15, -0.1) is 0 Å². The third kappa shape index (κ3) is 4.98. The average Bonchev–Trinajstić information content (AvgIpc) is 2.42. The second kappa shape index (κ2) is 7.47. The predicted molar refractivity (Wildman–Crippen MR) is 64.1 cm³/mol. The molecule has 20 heteroatoms. The molecule has 3 nitrogen and oxygen atoms in total. The van der Waals surface area contributed by atoms with Crippen LogP contribution in [0.3, 0.4) is 0 Å². The van der Waals surface area contributed by atoms with Crippen LogP contribution in [0.15, 0.2) is 0 Å². The fourth-order valence-corrected chi connectivity index (χ4v) is 1.36. The maximum Gasteiger partial charge on any atom is 0.458 e.